The van der Waals surface area contributed by atoms with Crippen LogP contribution in [0.15, 0.2) is 24.4 Å². The molecule has 1 fully saturated rings. The molecule has 16 heavy (non-hydrogen) atoms. The van der Waals surface area contributed by atoms with E-state index in [4.69, 9.17) is 0 Å². The van der Waals surface area contributed by atoms with Crippen LogP contribution in [-0.2, 0) is 0 Å². The van der Waals surface area contributed by atoms with Gasteiger partial charge in [-0.25, -0.2) is 0 Å². The number of nitrogens with one attached hydrogen (secondary N) is 1. The average molecular weight is 232 g/mol. The smallest absolute Gasteiger partial charge is 0.0457 e. The van der Waals surface area contributed by atoms with Gasteiger partial charge in [-0.2, -0.15) is 0 Å². The molecule has 84 valence electrons. The van der Waals surface area contributed by atoms with Crippen molar-refractivity contribution >= 4 is 25.4 Å². The number of aromatic nitrogens is 1. The molecule has 0 bridgehead atoms. The van der Waals surface area contributed by atoms with Crippen molar-refractivity contribution in [2.75, 3.05) is 20.1 Å². The second-order valence-electron chi connectivity index (χ2n) is 4.80. The molecule has 1 aliphatic rings. The van der Waals surface area contributed by atoms with E-state index in [1.54, 1.807) is 0 Å². The number of aromatic amines is 1. The van der Waals surface area contributed by atoms with Gasteiger partial charge >= 0.3 is 0 Å². The van der Waals surface area contributed by atoms with Crippen LogP contribution in [0.25, 0.3) is 10.9 Å². The van der Waals surface area contributed by atoms with Crippen LogP contribution in [0.1, 0.15) is 17.9 Å². The summed E-state index contributed by atoms with van der Waals surface area (Å²) < 4.78 is 0. The van der Waals surface area contributed by atoms with E-state index >= 15 is 0 Å². The van der Waals surface area contributed by atoms with E-state index in [0.717, 1.165) is 0 Å². The van der Waals surface area contributed by atoms with Crippen molar-refractivity contribution in [3.63, 3.8) is 0 Å². The Kier molecular flexibility index (Phi) is 2.49. The summed E-state index contributed by atoms with van der Waals surface area (Å²) in [6, 6.07) is 6.57. The summed E-state index contributed by atoms with van der Waals surface area (Å²) in [6.45, 7) is 2.41. The van der Waals surface area contributed by atoms with Gasteiger partial charge in [0.15, 0.2) is 0 Å². The Morgan fingerprint density at radius 1 is 1.44 bits per heavy atom. The van der Waals surface area contributed by atoms with Crippen molar-refractivity contribution in [2.24, 2.45) is 0 Å². The van der Waals surface area contributed by atoms with Gasteiger partial charge in [0.1, 0.15) is 0 Å². The first-order valence-electron chi connectivity index (χ1n) is 5.79. The third-order valence-corrected chi connectivity index (χ3v) is 3.93. The average Bonchev–Trinajstić information content (AvgIpc) is 2.83. The fourth-order valence-corrected chi connectivity index (χ4v) is 2.95. The van der Waals surface area contributed by atoms with Crippen LogP contribution in [0.5, 0.6) is 0 Å². The number of H-pyrrole nitrogens is 1. The zero-order valence-electron chi connectivity index (χ0n) is 9.53. The lowest BCUT2D eigenvalue weighted by Gasteiger charge is -2.09. The highest BCUT2D eigenvalue weighted by Gasteiger charge is 2.23. The van der Waals surface area contributed by atoms with Crippen molar-refractivity contribution in [3.8, 4) is 0 Å². The van der Waals surface area contributed by atoms with Gasteiger partial charge in [0, 0.05) is 23.6 Å². The molecule has 2 heterocycles. The number of hydrogen-bond acceptors (Lipinski definition) is 1. The number of rotatable bonds is 1. The summed E-state index contributed by atoms with van der Waals surface area (Å²) in [5, 5.41) is 2.66. The highest BCUT2D eigenvalue weighted by atomic mass is 31.0. The highest BCUT2D eigenvalue weighted by molar-refractivity contribution is 7.27. The SMILES string of the molecule is CN1CCC(c2c[nH]c3ccc(P)cc23)C1. The quantitative estimate of drug-likeness (QED) is 0.746. The normalized spacial score (nSPS) is 22.0. The molecule has 0 radical (unpaired) electrons. The Balaban J connectivity index is 2.06. The van der Waals surface area contributed by atoms with E-state index < -0.39 is 0 Å². The van der Waals surface area contributed by atoms with Crippen molar-refractivity contribution in [1.82, 2.24) is 9.88 Å². The second kappa shape index (κ2) is 3.87. The van der Waals surface area contributed by atoms with Gasteiger partial charge in [-0.1, -0.05) is 6.07 Å². The topological polar surface area (TPSA) is 19.0 Å². The molecule has 3 rings (SSSR count). The van der Waals surface area contributed by atoms with E-state index in [1.807, 2.05) is 0 Å². The molecule has 0 amide bonds. The molecule has 2 aromatic rings. The molecule has 0 spiro atoms. The van der Waals surface area contributed by atoms with Crippen molar-refractivity contribution in [3.05, 3.63) is 30.0 Å². The molecule has 2 atom stereocenters. The first kappa shape index (κ1) is 10.3. The number of benzene rings is 1. The zero-order chi connectivity index (χ0) is 11.1. The maximum Gasteiger partial charge on any atom is 0.0457 e. The van der Waals surface area contributed by atoms with Crippen LogP contribution in [0.2, 0.25) is 0 Å². The molecule has 2 unspecified atom stereocenters. The van der Waals surface area contributed by atoms with Gasteiger partial charge < -0.3 is 9.88 Å². The standard InChI is InChI=1S/C13H17N2P/c1-15-5-4-9(8-15)12-7-14-13-3-2-10(16)6-11(12)13/h2-3,6-7,9,14H,4-5,8,16H2,1H3. The van der Waals surface area contributed by atoms with Crippen LogP contribution in [0, 0.1) is 0 Å². The predicted octanol–water partition coefficient (Wildman–Crippen LogP) is 2.09. The minimum absolute atomic E-state index is 0.700. The maximum absolute atomic E-state index is 3.38. The summed E-state index contributed by atoms with van der Waals surface area (Å²) in [4.78, 5) is 5.79. The lowest BCUT2D eigenvalue weighted by Crippen LogP contribution is -2.13. The number of hydrogen-bond donors (Lipinski definition) is 1. The van der Waals surface area contributed by atoms with Gasteiger partial charge in [0.05, 0.1) is 0 Å². The fraction of sp³-hybridized carbons (Fsp3) is 0.385. The molecule has 0 saturated carbocycles. The van der Waals surface area contributed by atoms with Gasteiger partial charge in [0.2, 0.25) is 0 Å². The van der Waals surface area contributed by atoms with Crippen LogP contribution in [0.4, 0.5) is 0 Å². The van der Waals surface area contributed by atoms with E-state index in [0.29, 0.717) is 5.92 Å². The summed E-state index contributed by atoms with van der Waals surface area (Å²) in [5.74, 6) is 0.700. The Bertz CT molecular complexity index is 518. The zero-order valence-corrected chi connectivity index (χ0v) is 10.7. The van der Waals surface area contributed by atoms with Crippen LogP contribution in [0.3, 0.4) is 0 Å². The van der Waals surface area contributed by atoms with Gasteiger partial charge in [-0.15, -0.1) is 9.24 Å². The summed E-state index contributed by atoms with van der Waals surface area (Å²) in [6.07, 6.45) is 3.48. The van der Waals surface area contributed by atoms with E-state index in [9.17, 15) is 0 Å². The van der Waals surface area contributed by atoms with Gasteiger partial charge in [0.25, 0.3) is 0 Å². The van der Waals surface area contributed by atoms with E-state index in [2.05, 4.69) is 50.6 Å². The van der Waals surface area contributed by atoms with E-state index in [1.165, 1.54) is 41.3 Å². The van der Waals surface area contributed by atoms with Gasteiger partial charge in [-0.05, 0) is 48.9 Å². The first-order chi connectivity index (χ1) is 7.74. The molecule has 1 aromatic heterocycles. The third kappa shape index (κ3) is 1.66. The van der Waals surface area contributed by atoms with Gasteiger partial charge in [-0.3, -0.25) is 0 Å². The Morgan fingerprint density at radius 3 is 3.06 bits per heavy atom. The van der Waals surface area contributed by atoms with E-state index in [-0.39, 0.29) is 0 Å². The number of likely N-dealkylation sites (N-methyl/N-ethyl adjacent to an activating group) is 1. The molecule has 3 heteroatoms. The fourth-order valence-electron chi connectivity index (χ4n) is 2.69. The molecule has 1 aliphatic heterocycles. The second-order valence-corrected chi connectivity index (χ2v) is 5.46. The number of fused-ring (bicyclic) bond motifs is 1. The first-order valence-corrected chi connectivity index (χ1v) is 6.37. The van der Waals surface area contributed by atoms with Crippen molar-refractivity contribution in [2.45, 2.75) is 12.3 Å². The molecular weight excluding hydrogens is 215 g/mol. The highest BCUT2D eigenvalue weighted by Crippen LogP contribution is 2.31. The molecule has 0 aliphatic carbocycles. The Morgan fingerprint density at radius 2 is 2.31 bits per heavy atom. The Labute approximate surface area is 98.2 Å². The molecule has 1 aromatic carbocycles. The van der Waals surface area contributed by atoms with Crippen LogP contribution >= 0.6 is 9.24 Å². The molecule has 1 saturated heterocycles. The minimum atomic E-state index is 0.700. The lowest BCUT2D eigenvalue weighted by atomic mass is 9.98. The third-order valence-electron chi connectivity index (χ3n) is 3.57. The predicted molar refractivity (Wildman–Crippen MR) is 72.5 cm³/mol. The van der Waals surface area contributed by atoms with Crippen molar-refractivity contribution in [1.29, 1.82) is 0 Å². The minimum Gasteiger partial charge on any atom is -0.361 e. The van der Waals surface area contributed by atoms with Crippen LogP contribution in [-0.4, -0.2) is 30.0 Å². The summed E-state index contributed by atoms with van der Waals surface area (Å²) in [7, 11) is 4.98. The maximum atomic E-state index is 3.38. The monoisotopic (exact) mass is 232 g/mol. The molecular formula is C13H17N2P. The summed E-state index contributed by atoms with van der Waals surface area (Å²) in [5.41, 5.74) is 2.75. The largest absolute Gasteiger partial charge is 0.361 e. The van der Waals surface area contributed by atoms with Crippen molar-refractivity contribution < 1.29 is 0 Å². The number of likely N-dealkylation sites (tertiary alicyclic amines) is 1. The Hall–Kier alpha value is -0.850. The summed E-state index contributed by atoms with van der Waals surface area (Å²) >= 11 is 0. The molecule has 2 nitrogen and oxygen atoms in total. The lowest BCUT2D eigenvalue weighted by molar-refractivity contribution is 0.412. The molecule has 1 N–H and O–H groups in total. The van der Waals surface area contributed by atoms with Crippen LogP contribution < -0.4 is 5.30 Å². The number of nitrogens with zero attached hydrogens (tertiary/aromatic N) is 1.